The number of aromatic nitrogens is 2. The van der Waals surface area contributed by atoms with Gasteiger partial charge in [0.05, 0.1) is 11.9 Å². The summed E-state index contributed by atoms with van der Waals surface area (Å²) < 4.78 is 27.3. The highest BCUT2D eigenvalue weighted by Gasteiger charge is 2.33. The van der Waals surface area contributed by atoms with E-state index in [1.807, 2.05) is 0 Å². The molecule has 1 aliphatic rings. The van der Waals surface area contributed by atoms with Crippen molar-refractivity contribution in [2.45, 2.75) is 56.4 Å². The van der Waals surface area contributed by atoms with Gasteiger partial charge in [-0.15, -0.1) is 0 Å². The predicted octanol–water partition coefficient (Wildman–Crippen LogP) is 1.39. The Kier molecular flexibility index (Phi) is 5.17. The van der Waals surface area contributed by atoms with Crippen molar-refractivity contribution in [3.05, 3.63) is 11.9 Å². The van der Waals surface area contributed by atoms with Gasteiger partial charge in [-0.2, -0.15) is 9.40 Å². The molecule has 0 amide bonds. The molecule has 6 nitrogen and oxygen atoms in total. The summed E-state index contributed by atoms with van der Waals surface area (Å²) in [5, 5.41) is 6.55. The third kappa shape index (κ3) is 3.21. The van der Waals surface area contributed by atoms with Crippen molar-refractivity contribution in [1.29, 1.82) is 0 Å². The van der Waals surface area contributed by atoms with Crippen LogP contribution in [0.1, 0.15) is 44.2 Å². The molecule has 0 unspecified atom stereocenters. The Hall–Kier alpha value is -0.920. The lowest BCUT2D eigenvalue weighted by atomic mass is 9.95. The second-order valence-corrected chi connectivity index (χ2v) is 7.27. The number of nitrogens with one attached hydrogen (secondary N) is 1. The normalized spacial score (nSPS) is 17.8. The summed E-state index contributed by atoms with van der Waals surface area (Å²) in [7, 11) is -3.48. The largest absolute Gasteiger partial charge is 0.330 e. The van der Waals surface area contributed by atoms with Crippen molar-refractivity contribution in [3.8, 4) is 0 Å². The molecule has 1 aromatic rings. The smallest absolute Gasteiger partial charge is 0.246 e. The fourth-order valence-corrected chi connectivity index (χ4v) is 4.69. The molecule has 1 fully saturated rings. The van der Waals surface area contributed by atoms with Gasteiger partial charge in [-0.05, 0) is 32.7 Å². The van der Waals surface area contributed by atoms with Crippen molar-refractivity contribution in [1.82, 2.24) is 14.5 Å². The molecule has 0 saturated heterocycles. The molecular weight excluding hydrogens is 276 g/mol. The second-order valence-electron chi connectivity index (χ2n) is 5.41. The zero-order valence-corrected chi connectivity index (χ0v) is 12.8. The fourth-order valence-electron chi connectivity index (χ4n) is 2.84. The molecule has 20 heavy (non-hydrogen) atoms. The number of sulfonamides is 1. The summed E-state index contributed by atoms with van der Waals surface area (Å²) in [6.07, 6.45) is 7.39. The number of rotatable bonds is 6. The molecule has 114 valence electrons. The summed E-state index contributed by atoms with van der Waals surface area (Å²) in [5.74, 6) is 0. The van der Waals surface area contributed by atoms with Crippen LogP contribution in [0.5, 0.6) is 0 Å². The Bertz CT molecular complexity index is 520. The quantitative estimate of drug-likeness (QED) is 0.830. The van der Waals surface area contributed by atoms with Crippen LogP contribution in [0, 0.1) is 6.92 Å². The van der Waals surface area contributed by atoms with E-state index in [1.165, 1.54) is 12.6 Å². The van der Waals surface area contributed by atoms with Crippen LogP contribution in [0.2, 0.25) is 0 Å². The first-order chi connectivity index (χ1) is 9.57. The van der Waals surface area contributed by atoms with Crippen LogP contribution in [-0.2, 0) is 10.0 Å². The molecule has 1 heterocycles. The van der Waals surface area contributed by atoms with Crippen molar-refractivity contribution >= 4 is 10.0 Å². The topological polar surface area (TPSA) is 92.1 Å². The van der Waals surface area contributed by atoms with Crippen LogP contribution in [0.25, 0.3) is 0 Å². The van der Waals surface area contributed by atoms with Gasteiger partial charge in [0.2, 0.25) is 10.0 Å². The van der Waals surface area contributed by atoms with E-state index in [0.717, 1.165) is 25.7 Å². The van der Waals surface area contributed by atoms with E-state index in [0.29, 0.717) is 30.1 Å². The summed E-state index contributed by atoms with van der Waals surface area (Å²) in [6.45, 7) is 2.74. The average molecular weight is 300 g/mol. The zero-order chi connectivity index (χ0) is 14.6. The Morgan fingerprint density at radius 1 is 1.40 bits per heavy atom. The molecule has 1 aliphatic carbocycles. The van der Waals surface area contributed by atoms with Gasteiger partial charge in [-0.3, -0.25) is 5.10 Å². The molecule has 7 heteroatoms. The van der Waals surface area contributed by atoms with Gasteiger partial charge in [-0.25, -0.2) is 8.42 Å². The first-order valence-electron chi connectivity index (χ1n) is 7.29. The van der Waals surface area contributed by atoms with E-state index < -0.39 is 10.0 Å². The Morgan fingerprint density at radius 3 is 2.65 bits per heavy atom. The van der Waals surface area contributed by atoms with Gasteiger partial charge in [0, 0.05) is 12.6 Å². The molecule has 0 atom stereocenters. The number of hydrogen-bond acceptors (Lipinski definition) is 4. The van der Waals surface area contributed by atoms with E-state index in [-0.39, 0.29) is 6.04 Å². The lowest BCUT2D eigenvalue weighted by Gasteiger charge is -2.33. The number of H-pyrrole nitrogens is 1. The monoisotopic (exact) mass is 300 g/mol. The van der Waals surface area contributed by atoms with Gasteiger partial charge in [0.1, 0.15) is 4.90 Å². The first kappa shape index (κ1) is 15.5. The van der Waals surface area contributed by atoms with Crippen LogP contribution < -0.4 is 5.73 Å². The van der Waals surface area contributed by atoms with E-state index in [9.17, 15) is 8.42 Å². The van der Waals surface area contributed by atoms with Crippen LogP contribution in [0.4, 0.5) is 0 Å². The van der Waals surface area contributed by atoms with E-state index in [4.69, 9.17) is 5.73 Å². The Labute approximate surface area is 120 Å². The Morgan fingerprint density at radius 2 is 2.10 bits per heavy atom. The molecule has 0 bridgehead atoms. The minimum atomic E-state index is -3.48. The van der Waals surface area contributed by atoms with Crippen molar-refractivity contribution < 1.29 is 8.42 Å². The van der Waals surface area contributed by atoms with Gasteiger partial charge >= 0.3 is 0 Å². The Balaban J connectivity index is 2.27. The molecule has 1 saturated carbocycles. The van der Waals surface area contributed by atoms with Crippen LogP contribution in [-0.4, -0.2) is 42.1 Å². The highest BCUT2D eigenvalue weighted by Crippen LogP contribution is 2.28. The molecule has 0 aliphatic heterocycles. The third-order valence-electron chi connectivity index (χ3n) is 3.93. The maximum absolute atomic E-state index is 12.8. The minimum absolute atomic E-state index is 0.106. The maximum atomic E-state index is 12.8. The highest BCUT2D eigenvalue weighted by molar-refractivity contribution is 7.89. The van der Waals surface area contributed by atoms with Crippen molar-refractivity contribution in [2.24, 2.45) is 5.73 Å². The number of nitrogens with zero attached hydrogens (tertiary/aromatic N) is 2. The molecular formula is C13H24N4O2S. The molecule has 0 radical (unpaired) electrons. The molecule has 2 rings (SSSR count). The van der Waals surface area contributed by atoms with Crippen LogP contribution in [0.15, 0.2) is 11.1 Å². The molecule has 1 aromatic heterocycles. The summed E-state index contributed by atoms with van der Waals surface area (Å²) in [5.41, 5.74) is 6.15. The van der Waals surface area contributed by atoms with Crippen molar-refractivity contribution in [2.75, 3.05) is 13.1 Å². The lowest BCUT2D eigenvalue weighted by molar-refractivity contribution is 0.252. The first-order valence-corrected chi connectivity index (χ1v) is 8.73. The molecule has 0 aromatic carbocycles. The maximum Gasteiger partial charge on any atom is 0.246 e. The van der Waals surface area contributed by atoms with E-state index >= 15 is 0 Å². The number of aryl methyl sites for hydroxylation is 1. The molecule has 3 N–H and O–H groups in total. The number of nitrogens with two attached hydrogens (primary N) is 1. The minimum Gasteiger partial charge on any atom is -0.330 e. The SMILES string of the molecule is Cc1[nH]ncc1S(=O)(=O)N(CCCN)C1CCCCC1. The lowest BCUT2D eigenvalue weighted by Crippen LogP contribution is -2.42. The second kappa shape index (κ2) is 6.69. The summed E-state index contributed by atoms with van der Waals surface area (Å²) >= 11 is 0. The van der Waals surface area contributed by atoms with Gasteiger partial charge in [0.25, 0.3) is 0 Å². The van der Waals surface area contributed by atoms with Crippen LogP contribution >= 0.6 is 0 Å². The standard InChI is InChI=1S/C13H24N4O2S/c1-11-13(10-15-16-11)20(18,19)17(9-5-8-14)12-6-3-2-4-7-12/h10,12H,2-9,14H2,1H3,(H,15,16). The predicted molar refractivity (Wildman–Crippen MR) is 77.8 cm³/mol. The van der Waals surface area contributed by atoms with E-state index in [1.54, 1.807) is 11.2 Å². The van der Waals surface area contributed by atoms with Gasteiger partial charge in [0.15, 0.2) is 0 Å². The summed E-state index contributed by atoms with van der Waals surface area (Å²) in [6, 6.07) is 0.106. The van der Waals surface area contributed by atoms with Crippen molar-refractivity contribution in [3.63, 3.8) is 0 Å². The van der Waals surface area contributed by atoms with Gasteiger partial charge < -0.3 is 5.73 Å². The van der Waals surface area contributed by atoms with Crippen LogP contribution in [0.3, 0.4) is 0 Å². The zero-order valence-electron chi connectivity index (χ0n) is 12.0. The fraction of sp³-hybridized carbons (Fsp3) is 0.769. The highest BCUT2D eigenvalue weighted by atomic mass is 32.2. The number of aromatic amines is 1. The van der Waals surface area contributed by atoms with E-state index in [2.05, 4.69) is 10.2 Å². The summed E-state index contributed by atoms with van der Waals surface area (Å²) in [4.78, 5) is 0.292. The average Bonchev–Trinajstić information content (AvgIpc) is 2.87. The molecule has 0 spiro atoms. The van der Waals surface area contributed by atoms with Gasteiger partial charge in [-0.1, -0.05) is 19.3 Å². The third-order valence-corrected chi connectivity index (χ3v) is 6.00. The number of hydrogen-bond donors (Lipinski definition) is 2.